The van der Waals surface area contributed by atoms with Crippen LogP contribution in [0.2, 0.25) is 0 Å². The number of ether oxygens (including phenoxy) is 2. The van der Waals surface area contributed by atoms with E-state index in [2.05, 4.69) is 10.6 Å². The fraction of sp³-hybridized carbons (Fsp3) is 0.600. The van der Waals surface area contributed by atoms with E-state index in [1.165, 1.54) is 13.2 Å². The van der Waals surface area contributed by atoms with Crippen LogP contribution in [0.25, 0.3) is 0 Å². The summed E-state index contributed by atoms with van der Waals surface area (Å²) in [6, 6.07) is 4.79. The third-order valence-electron chi connectivity index (χ3n) is 3.66. The Bertz CT molecular complexity index is 517. The lowest BCUT2D eigenvalue weighted by atomic mass is 10.1. The molecule has 1 saturated heterocycles. The van der Waals surface area contributed by atoms with Crippen molar-refractivity contribution in [2.75, 3.05) is 33.4 Å². The molecule has 5 nitrogen and oxygen atoms in total. The summed E-state index contributed by atoms with van der Waals surface area (Å²) in [4.78, 5) is 0. The van der Waals surface area contributed by atoms with Crippen molar-refractivity contribution in [3.8, 4) is 11.5 Å². The van der Waals surface area contributed by atoms with Crippen LogP contribution in [0.1, 0.15) is 5.56 Å². The Labute approximate surface area is 144 Å². The first-order valence-corrected chi connectivity index (χ1v) is 7.35. The van der Waals surface area contributed by atoms with Gasteiger partial charge in [0.25, 0.3) is 0 Å². The Morgan fingerprint density at radius 1 is 1.29 bits per heavy atom. The van der Waals surface area contributed by atoms with Crippen molar-refractivity contribution in [2.24, 2.45) is 5.92 Å². The molecule has 0 bridgehead atoms. The monoisotopic (exact) mass is 370 g/mol. The van der Waals surface area contributed by atoms with Gasteiger partial charge in [-0.1, -0.05) is 6.07 Å². The molecule has 138 valence electrons. The molecule has 2 rings (SSSR count). The van der Waals surface area contributed by atoms with Gasteiger partial charge in [-0.2, -0.15) is 13.2 Å². The molecule has 1 aromatic rings. The summed E-state index contributed by atoms with van der Waals surface area (Å²) < 4.78 is 46.4. The summed E-state index contributed by atoms with van der Waals surface area (Å²) in [5.41, 5.74) is 0.863. The van der Waals surface area contributed by atoms with E-state index in [0.29, 0.717) is 19.6 Å². The predicted octanol–water partition coefficient (Wildman–Crippen LogP) is 1.73. The van der Waals surface area contributed by atoms with Crippen molar-refractivity contribution in [1.82, 2.24) is 10.6 Å². The molecule has 0 aromatic heterocycles. The number of benzene rings is 1. The van der Waals surface area contributed by atoms with Crippen LogP contribution in [0.5, 0.6) is 11.5 Å². The van der Waals surface area contributed by atoms with Gasteiger partial charge in [-0.3, -0.25) is 0 Å². The second-order valence-corrected chi connectivity index (χ2v) is 5.51. The maximum absolute atomic E-state index is 12.2. The first kappa shape index (κ1) is 20.8. The minimum atomic E-state index is -4.39. The Morgan fingerprint density at radius 3 is 2.62 bits per heavy atom. The highest BCUT2D eigenvalue weighted by Gasteiger charge is 2.29. The van der Waals surface area contributed by atoms with Gasteiger partial charge in [0.15, 0.2) is 18.1 Å². The number of alkyl halides is 3. The van der Waals surface area contributed by atoms with E-state index in [1.54, 1.807) is 12.1 Å². The molecule has 0 amide bonds. The van der Waals surface area contributed by atoms with Crippen molar-refractivity contribution in [3.63, 3.8) is 0 Å². The quantitative estimate of drug-likeness (QED) is 0.682. The molecule has 1 aliphatic rings. The maximum Gasteiger partial charge on any atom is 0.422 e. The molecule has 1 heterocycles. The van der Waals surface area contributed by atoms with Crippen molar-refractivity contribution < 1.29 is 27.8 Å². The highest BCUT2D eigenvalue weighted by Crippen LogP contribution is 2.29. The van der Waals surface area contributed by atoms with E-state index in [4.69, 9.17) is 9.47 Å². The number of hydrogen-bond donors (Lipinski definition) is 3. The average Bonchev–Trinajstić information content (AvgIpc) is 2.90. The second-order valence-electron chi connectivity index (χ2n) is 5.51. The average molecular weight is 371 g/mol. The third kappa shape index (κ3) is 6.35. The molecule has 1 fully saturated rings. The molecule has 1 aromatic carbocycles. The number of aliphatic hydroxyl groups is 1. The number of rotatable bonds is 7. The van der Waals surface area contributed by atoms with E-state index in [0.717, 1.165) is 12.1 Å². The standard InChI is InChI=1S/C15H21F3N2O3.ClH/c1-22-14-4-10(2-3-13(14)23-9-15(16,17)18)5-19-6-11-7-20-8-12(11)21;/h2-4,11-12,19-21H,5-9H2,1H3;1H. The van der Waals surface area contributed by atoms with Crippen LogP contribution in [-0.2, 0) is 6.54 Å². The van der Waals surface area contributed by atoms with Crippen LogP contribution < -0.4 is 20.1 Å². The lowest BCUT2D eigenvalue weighted by Crippen LogP contribution is -2.30. The molecule has 1 aliphatic heterocycles. The smallest absolute Gasteiger partial charge is 0.422 e. The zero-order valence-corrected chi connectivity index (χ0v) is 14.0. The van der Waals surface area contributed by atoms with Gasteiger partial charge in [-0.15, -0.1) is 12.4 Å². The van der Waals surface area contributed by atoms with Gasteiger partial charge in [0.1, 0.15) is 0 Å². The van der Waals surface area contributed by atoms with Crippen LogP contribution in [0.4, 0.5) is 13.2 Å². The summed E-state index contributed by atoms with van der Waals surface area (Å²) >= 11 is 0. The molecule has 2 atom stereocenters. The Balaban J connectivity index is 0.00000288. The highest BCUT2D eigenvalue weighted by atomic mass is 35.5. The molecular formula is C15H22ClF3N2O3. The number of halogens is 4. The first-order valence-electron chi connectivity index (χ1n) is 7.35. The predicted molar refractivity (Wildman–Crippen MR) is 85.9 cm³/mol. The molecule has 24 heavy (non-hydrogen) atoms. The summed E-state index contributed by atoms with van der Waals surface area (Å²) in [7, 11) is 1.38. The van der Waals surface area contributed by atoms with E-state index >= 15 is 0 Å². The zero-order chi connectivity index (χ0) is 16.9. The summed E-state index contributed by atoms with van der Waals surface area (Å²) in [5.74, 6) is 0.478. The number of aliphatic hydroxyl groups excluding tert-OH is 1. The topological polar surface area (TPSA) is 62.8 Å². The lowest BCUT2D eigenvalue weighted by Gasteiger charge is -2.16. The first-order chi connectivity index (χ1) is 10.9. The van der Waals surface area contributed by atoms with Gasteiger partial charge in [0, 0.05) is 32.1 Å². The SMILES string of the molecule is COc1cc(CNCC2CNCC2O)ccc1OCC(F)(F)F.Cl. The summed E-state index contributed by atoms with van der Waals surface area (Å²) in [6.07, 6.45) is -4.74. The van der Waals surface area contributed by atoms with E-state index in [9.17, 15) is 18.3 Å². The van der Waals surface area contributed by atoms with Crippen LogP contribution in [-0.4, -0.2) is 50.7 Å². The van der Waals surface area contributed by atoms with Gasteiger partial charge in [-0.25, -0.2) is 0 Å². The van der Waals surface area contributed by atoms with Crippen molar-refractivity contribution in [1.29, 1.82) is 0 Å². The van der Waals surface area contributed by atoms with Crippen LogP contribution >= 0.6 is 12.4 Å². The Kier molecular flexibility index (Phi) is 8.08. The van der Waals surface area contributed by atoms with Gasteiger partial charge in [-0.05, 0) is 17.7 Å². The fourth-order valence-electron chi connectivity index (χ4n) is 2.43. The van der Waals surface area contributed by atoms with Crippen molar-refractivity contribution in [3.05, 3.63) is 23.8 Å². The number of hydrogen-bond acceptors (Lipinski definition) is 5. The normalized spacial score (nSPS) is 20.5. The lowest BCUT2D eigenvalue weighted by molar-refractivity contribution is -0.153. The second kappa shape index (κ2) is 9.31. The summed E-state index contributed by atoms with van der Waals surface area (Å²) in [5, 5.41) is 16.0. The zero-order valence-electron chi connectivity index (χ0n) is 13.2. The van der Waals surface area contributed by atoms with E-state index < -0.39 is 12.8 Å². The molecule has 0 spiro atoms. The molecule has 2 unspecified atom stereocenters. The fourth-order valence-corrected chi connectivity index (χ4v) is 2.43. The molecule has 3 N–H and O–H groups in total. The minimum Gasteiger partial charge on any atom is -0.493 e. The molecule has 0 aliphatic carbocycles. The van der Waals surface area contributed by atoms with Gasteiger partial charge < -0.3 is 25.2 Å². The van der Waals surface area contributed by atoms with Crippen molar-refractivity contribution in [2.45, 2.75) is 18.8 Å². The third-order valence-corrected chi connectivity index (χ3v) is 3.66. The number of methoxy groups -OCH3 is 1. The Hall–Kier alpha value is -1.22. The van der Waals surface area contributed by atoms with Crippen LogP contribution in [0.15, 0.2) is 18.2 Å². The minimum absolute atomic E-state index is 0. The van der Waals surface area contributed by atoms with Gasteiger partial charge in [0.05, 0.1) is 13.2 Å². The molecular weight excluding hydrogens is 349 g/mol. The van der Waals surface area contributed by atoms with E-state index in [-0.39, 0.29) is 35.9 Å². The van der Waals surface area contributed by atoms with Gasteiger partial charge >= 0.3 is 6.18 Å². The largest absolute Gasteiger partial charge is 0.493 e. The highest BCUT2D eigenvalue weighted by molar-refractivity contribution is 5.85. The maximum atomic E-state index is 12.2. The molecule has 0 radical (unpaired) electrons. The molecule has 0 saturated carbocycles. The van der Waals surface area contributed by atoms with E-state index in [1.807, 2.05) is 0 Å². The van der Waals surface area contributed by atoms with Crippen LogP contribution in [0.3, 0.4) is 0 Å². The van der Waals surface area contributed by atoms with Crippen LogP contribution in [0, 0.1) is 5.92 Å². The molecule has 9 heteroatoms. The Morgan fingerprint density at radius 2 is 2.04 bits per heavy atom. The summed E-state index contributed by atoms with van der Waals surface area (Å²) in [6.45, 7) is 1.20. The number of β-amino-alcohol motifs (C(OH)–C–C–N with tert-alkyl or cyclic N) is 1. The van der Waals surface area contributed by atoms with Crippen molar-refractivity contribution >= 4 is 12.4 Å². The number of nitrogens with one attached hydrogen (secondary N) is 2. The van der Waals surface area contributed by atoms with Gasteiger partial charge in [0.2, 0.25) is 0 Å².